The third-order valence-electron chi connectivity index (χ3n) is 6.14. The number of piperidine rings is 1. The fraction of sp³-hybridized carbons (Fsp3) is 0.652. The Morgan fingerprint density at radius 2 is 1.87 bits per heavy atom. The van der Waals surface area contributed by atoms with Gasteiger partial charge in [0.15, 0.2) is 5.82 Å². The van der Waals surface area contributed by atoms with Gasteiger partial charge in [-0.3, -0.25) is 9.89 Å². The summed E-state index contributed by atoms with van der Waals surface area (Å²) in [6, 6.07) is 5.56. The molecule has 3 aliphatic rings. The fourth-order valence-electron chi connectivity index (χ4n) is 3.99. The molecule has 6 nitrogen and oxygen atoms in total. The molecule has 0 unspecified atom stereocenters. The predicted octanol–water partition coefficient (Wildman–Crippen LogP) is 5.24. The summed E-state index contributed by atoms with van der Waals surface area (Å²) in [4.78, 5) is 14.3. The zero-order valence-electron chi connectivity index (χ0n) is 18.3. The standard InChI is InChI=1S/C16H19ClN4O.C5H10O.C2H6/c17-11-1-2-13-12(9-11)15(20-19-13)18-10-14(22)21-7-5-16(3-4-16)6-8-21;1-2-4-6-5-3-1;1-2/h1-2,9H,3-8,10H2,(H2,18,19,20);1-5H2;1-2H3. The van der Waals surface area contributed by atoms with Crippen molar-refractivity contribution in [2.45, 2.75) is 58.8 Å². The Hall–Kier alpha value is -1.79. The molecule has 1 saturated carbocycles. The van der Waals surface area contributed by atoms with Crippen molar-refractivity contribution in [1.82, 2.24) is 15.1 Å². The Morgan fingerprint density at radius 3 is 2.43 bits per heavy atom. The van der Waals surface area contributed by atoms with Gasteiger partial charge in [-0.05, 0) is 68.6 Å². The third-order valence-corrected chi connectivity index (χ3v) is 6.38. The Kier molecular flexibility index (Phi) is 8.40. The number of hydrogen-bond acceptors (Lipinski definition) is 4. The number of hydrogen-bond donors (Lipinski definition) is 2. The van der Waals surface area contributed by atoms with E-state index < -0.39 is 0 Å². The first-order valence-corrected chi connectivity index (χ1v) is 11.8. The number of benzene rings is 1. The van der Waals surface area contributed by atoms with Gasteiger partial charge in [0.2, 0.25) is 5.91 Å². The van der Waals surface area contributed by atoms with Crippen LogP contribution in [0.1, 0.15) is 58.8 Å². The quantitative estimate of drug-likeness (QED) is 0.692. The lowest BCUT2D eigenvalue weighted by molar-refractivity contribution is -0.130. The van der Waals surface area contributed by atoms with E-state index in [1.54, 1.807) is 0 Å². The number of carbonyl (C=O) groups excluding carboxylic acids is 1. The first-order valence-electron chi connectivity index (χ1n) is 11.4. The summed E-state index contributed by atoms with van der Waals surface area (Å²) in [6.07, 6.45) is 8.97. The Morgan fingerprint density at radius 1 is 1.17 bits per heavy atom. The molecule has 2 aliphatic heterocycles. The molecule has 3 heterocycles. The number of rotatable bonds is 3. The SMILES string of the molecule is C1CCOCC1.CC.O=C(CNc1n[nH]c2ccc(Cl)cc12)N1CCC2(CC1)CC2. The topological polar surface area (TPSA) is 70.2 Å². The second-order valence-electron chi connectivity index (χ2n) is 8.17. The molecule has 2 N–H and O–H groups in total. The number of nitrogens with one attached hydrogen (secondary N) is 2. The van der Waals surface area contributed by atoms with Gasteiger partial charge >= 0.3 is 0 Å². The zero-order chi connectivity index (χ0) is 21.4. The smallest absolute Gasteiger partial charge is 0.241 e. The van der Waals surface area contributed by atoms with Gasteiger partial charge < -0.3 is 15.0 Å². The Bertz CT molecular complexity index is 793. The van der Waals surface area contributed by atoms with Crippen molar-refractivity contribution in [3.05, 3.63) is 23.2 Å². The monoisotopic (exact) mass is 434 g/mol. The summed E-state index contributed by atoms with van der Waals surface area (Å²) in [5.74, 6) is 0.829. The molecule has 5 rings (SSSR count). The number of H-pyrrole nitrogens is 1. The summed E-state index contributed by atoms with van der Waals surface area (Å²) in [5.41, 5.74) is 1.51. The van der Waals surface area contributed by atoms with E-state index in [1.807, 2.05) is 36.9 Å². The summed E-state index contributed by atoms with van der Waals surface area (Å²) in [7, 11) is 0. The number of fused-ring (bicyclic) bond motifs is 1. The summed E-state index contributed by atoms with van der Waals surface area (Å²) in [5, 5.41) is 11.9. The average molecular weight is 435 g/mol. The van der Waals surface area contributed by atoms with Crippen LogP contribution in [0.2, 0.25) is 5.02 Å². The fourth-order valence-corrected chi connectivity index (χ4v) is 4.16. The largest absolute Gasteiger partial charge is 0.381 e. The average Bonchev–Trinajstić information content (AvgIpc) is 3.44. The van der Waals surface area contributed by atoms with E-state index in [0.717, 1.165) is 37.2 Å². The number of likely N-dealkylation sites (tertiary alicyclic amines) is 1. The number of aromatic nitrogens is 2. The minimum atomic E-state index is 0.147. The maximum Gasteiger partial charge on any atom is 0.241 e. The number of anilines is 1. The van der Waals surface area contributed by atoms with Crippen molar-refractivity contribution in [3.63, 3.8) is 0 Å². The minimum Gasteiger partial charge on any atom is -0.381 e. The minimum absolute atomic E-state index is 0.147. The van der Waals surface area contributed by atoms with Crippen LogP contribution in [0.5, 0.6) is 0 Å². The van der Waals surface area contributed by atoms with Crippen LogP contribution in [0, 0.1) is 5.41 Å². The van der Waals surface area contributed by atoms with Crippen molar-refractivity contribution in [3.8, 4) is 0 Å². The van der Waals surface area contributed by atoms with Gasteiger partial charge in [-0.1, -0.05) is 25.4 Å². The molecule has 1 amide bonds. The summed E-state index contributed by atoms with van der Waals surface area (Å²) >= 11 is 6.02. The lowest BCUT2D eigenvalue weighted by atomic mass is 9.94. The lowest BCUT2D eigenvalue weighted by Crippen LogP contribution is -2.41. The van der Waals surface area contributed by atoms with E-state index in [9.17, 15) is 4.79 Å². The van der Waals surface area contributed by atoms with Gasteiger partial charge in [-0.2, -0.15) is 5.10 Å². The third kappa shape index (κ3) is 6.11. The molecule has 0 radical (unpaired) electrons. The second-order valence-corrected chi connectivity index (χ2v) is 8.61. The highest BCUT2D eigenvalue weighted by atomic mass is 35.5. The van der Waals surface area contributed by atoms with Crippen LogP contribution in [0.25, 0.3) is 10.9 Å². The van der Waals surface area contributed by atoms with Crippen molar-refractivity contribution in [2.75, 3.05) is 38.2 Å². The van der Waals surface area contributed by atoms with Crippen molar-refractivity contribution in [1.29, 1.82) is 0 Å². The normalized spacial score (nSPS) is 19.4. The molecule has 3 fully saturated rings. The number of nitrogens with zero attached hydrogens (tertiary/aromatic N) is 2. The van der Waals surface area contributed by atoms with Gasteiger partial charge in [0, 0.05) is 36.7 Å². The Labute approximate surface area is 184 Å². The van der Waals surface area contributed by atoms with Crippen LogP contribution in [-0.4, -0.2) is 53.9 Å². The molecule has 166 valence electrons. The van der Waals surface area contributed by atoms with Crippen LogP contribution >= 0.6 is 11.6 Å². The molecule has 0 bridgehead atoms. The molecule has 1 spiro atoms. The number of aromatic amines is 1. The van der Waals surface area contributed by atoms with Crippen LogP contribution in [0.4, 0.5) is 5.82 Å². The number of carbonyl (C=O) groups is 1. The van der Waals surface area contributed by atoms with E-state index in [1.165, 1.54) is 44.9 Å². The molecule has 1 aliphatic carbocycles. The van der Waals surface area contributed by atoms with Crippen LogP contribution < -0.4 is 5.32 Å². The predicted molar refractivity (Wildman–Crippen MR) is 123 cm³/mol. The van der Waals surface area contributed by atoms with E-state index in [4.69, 9.17) is 16.3 Å². The molecule has 7 heteroatoms. The molecular weight excluding hydrogens is 400 g/mol. The van der Waals surface area contributed by atoms with Crippen LogP contribution in [0.3, 0.4) is 0 Å². The van der Waals surface area contributed by atoms with E-state index in [2.05, 4.69) is 15.5 Å². The number of halogens is 1. The number of ether oxygens (including phenoxy) is 1. The maximum atomic E-state index is 12.3. The lowest BCUT2D eigenvalue weighted by Gasteiger charge is -2.32. The van der Waals surface area contributed by atoms with Crippen molar-refractivity contribution >= 4 is 34.2 Å². The highest BCUT2D eigenvalue weighted by Gasteiger charge is 2.44. The van der Waals surface area contributed by atoms with Gasteiger partial charge in [0.1, 0.15) is 0 Å². The summed E-state index contributed by atoms with van der Waals surface area (Å²) < 4.78 is 5.07. The molecule has 1 aromatic carbocycles. The molecule has 1 aromatic heterocycles. The highest BCUT2D eigenvalue weighted by Crippen LogP contribution is 2.53. The van der Waals surface area contributed by atoms with Gasteiger partial charge in [0.25, 0.3) is 0 Å². The first-order chi connectivity index (χ1) is 14.7. The maximum absolute atomic E-state index is 12.3. The molecular formula is C23H35ClN4O2. The zero-order valence-corrected chi connectivity index (χ0v) is 19.1. The molecule has 30 heavy (non-hydrogen) atoms. The van der Waals surface area contributed by atoms with E-state index in [0.29, 0.717) is 16.3 Å². The van der Waals surface area contributed by atoms with E-state index in [-0.39, 0.29) is 12.5 Å². The van der Waals surface area contributed by atoms with Gasteiger partial charge in [-0.15, -0.1) is 0 Å². The molecule has 2 aromatic rings. The van der Waals surface area contributed by atoms with E-state index >= 15 is 0 Å². The number of amides is 1. The van der Waals surface area contributed by atoms with Crippen molar-refractivity contribution in [2.24, 2.45) is 5.41 Å². The summed E-state index contributed by atoms with van der Waals surface area (Å²) in [6.45, 7) is 8.07. The first kappa shape index (κ1) is 22.9. The van der Waals surface area contributed by atoms with Gasteiger partial charge in [0.05, 0.1) is 12.1 Å². The molecule has 0 atom stereocenters. The van der Waals surface area contributed by atoms with Gasteiger partial charge in [-0.25, -0.2) is 0 Å². The molecule has 2 saturated heterocycles. The Balaban J connectivity index is 0.000000273. The van der Waals surface area contributed by atoms with Crippen LogP contribution in [-0.2, 0) is 9.53 Å². The highest BCUT2D eigenvalue weighted by molar-refractivity contribution is 6.31. The second kappa shape index (κ2) is 11.0. The van der Waals surface area contributed by atoms with Crippen molar-refractivity contribution < 1.29 is 9.53 Å². The van der Waals surface area contributed by atoms with Crippen LogP contribution in [0.15, 0.2) is 18.2 Å².